The molecular weight excluding hydrogens is 298 g/mol. The van der Waals surface area contributed by atoms with Gasteiger partial charge in [-0.2, -0.15) is 5.10 Å². The Balaban J connectivity index is 1.95. The van der Waals surface area contributed by atoms with Crippen LogP contribution in [0.5, 0.6) is 0 Å². The summed E-state index contributed by atoms with van der Waals surface area (Å²) in [6.45, 7) is 5.92. The van der Waals surface area contributed by atoms with E-state index in [1.165, 1.54) is 5.56 Å². The fourth-order valence-corrected chi connectivity index (χ4v) is 3.90. The molecule has 120 valence electrons. The standard InChI is InChI=1S/C16H23N3O2S/c1-4-5-14-6-8-15(9-7-14)10-11-17-22(20,21)16-12(2)18-19-13(16)3/h6-9,17H,4-5,10-11H2,1-3H3,(H,18,19). The van der Waals surface area contributed by atoms with Gasteiger partial charge in [0.2, 0.25) is 10.0 Å². The van der Waals surface area contributed by atoms with Gasteiger partial charge in [0, 0.05) is 6.54 Å². The Morgan fingerprint density at radius 1 is 1.09 bits per heavy atom. The first-order chi connectivity index (χ1) is 10.4. The van der Waals surface area contributed by atoms with E-state index in [0.717, 1.165) is 18.4 Å². The number of hydrogen-bond acceptors (Lipinski definition) is 3. The van der Waals surface area contributed by atoms with Gasteiger partial charge in [-0.1, -0.05) is 37.6 Å². The van der Waals surface area contributed by atoms with Crippen molar-refractivity contribution in [3.63, 3.8) is 0 Å². The van der Waals surface area contributed by atoms with Gasteiger partial charge in [-0.15, -0.1) is 0 Å². The predicted molar refractivity (Wildman–Crippen MR) is 87.4 cm³/mol. The normalized spacial score (nSPS) is 11.8. The van der Waals surface area contributed by atoms with Crippen LogP contribution >= 0.6 is 0 Å². The molecular formula is C16H23N3O2S. The zero-order chi connectivity index (χ0) is 16.2. The van der Waals surface area contributed by atoms with E-state index < -0.39 is 10.0 Å². The third kappa shape index (κ3) is 3.96. The Morgan fingerprint density at radius 2 is 1.68 bits per heavy atom. The Bertz CT molecular complexity index is 699. The van der Waals surface area contributed by atoms with Crippen molar-refractivity contribution in [1.29, 1.82) is 0 Å². The van der Waals surface area contributed by atoms with Crippen molar-refractivity contribution in [1.82, 2.24) is 14.9 Å². The minimum Gasteiger partial charge on any atom is -0.281 e. The zero-order valence-electron chi connectivity index (χ0n) is 13.3. The SMILES string of the molecule is CCCc1ccc(CCNS(=O)(=O)c2c(C)n[nH]c2C)cc1. The van der Waals surface area contributed by atoms with Gasteiger partial charge < -0.3 is 0 Å². The highest BCUT2D eigenvalue weighted by atomic mass is 32.2. The maximum absolute atomic E-state index is 12.3. The van der Waals surface area contributed by atoms with E-state index in [0.29, 0.717) is 24.4 Å². The van der Waals surface area contributed by atoms with E-state index in [1.54, 1.807) is 13.8 Å². The summed E-state index contributed by atoms with van der Waals surface area (Å²) >= 11 is 0. The molecule has 0 fully saturated rings. The Morgan fingerprint density at radius 3 is 2.18 bits per heavy atom. The highest BCUT2D eigenvalue weighted by Gasteiger charge is 2.21. The smallest absolute Gasteiger partial charge is 0.244 e. The van der Waals surface area contributed by atoms with Gasteiger partial charge in [0.1, 0.15) is 4.90 Å². The lowest BCUT2D eigenvalue weighted by Crippen LogP contribution is -2.26. The number of aryl methyl sites for hydroxylation is 3. The lowest BCUT2D eigenvalue weighted by molar-refractivity contribution is 0.580. The molecule has 0 bridgehead atoms. The zero-order valence-corrected chi connectivity index (χ0v) is 14.1. The van der Waals surface area contributed by atoms with Crippen molar-refractivity contribution in [2.45, 2.75) is 44.9 Å². The second kappa shape index (κ2) is 7.07. The number of nitrogens with zero attached hydrogens (tertiary/aromatic N) is 1. The van der Waals surface area contributed by atoms with Crippen molar-refractivity contribution in [3.05, 3.63) is 46.8 Å². The lowest BCUT2D eigenvalue weighted by atomic mass is 10.1. The molecule has 6 heteroatoms. The molecule has 5 nitrogen and oxygen atoms in total. The highest BCUT2D eigenvalue weighted by Crippen LogP contribution is 2.16. The molecule has 1 heterocycles. The molecule has 1 aromatic heterocycles. The summed E-state index contributed by atoms with van der Waals surface area (Å²) in [4.78, 5) is 0.255. The molecule has 2 rings (SSSR count). The molecule has 2 aromatic rings. The fourth-order valence-electron chi connectivity index (χ4n) is 2.50. The van der Waals surface area contributed by atoms with Crippen LogP contribution in [-0.4, -0.2) is 25.2 Å². The van der Waals surface area contributed by atoms with Gasteiger partial charge >= 0.3 is 0 Å². The molecule has 0 aliphatic carbocycles. The van der Waals surface area contributed by atoms with Gasteiger partial charge in [0.05, 0.1) is 11.4 Å². The molecule has 0 aliphatic rings. The molecule has 0 saturated heterocycles. The summed E-state index contributed by atoms with van der Waals surface area (Å²) < 4.78 is 27.2. The van der Waals surface area contributed by atoms with Crippen molar-refractivity contribution >= 4 is 10.0 Å². The molecule has 0 amide bonds. The molecule has 22 heavy (non-hydrogen) atoms. The predicted octanol–water partition coefficient (Wildman–Crippen LogP) is 2.50. The Hall–Kier alpha value is -1.66. The fraction of sp³-hybridized carbons (Fsp3) is 0.438. The van der Waals surface area contributed by atoms with Gasteiger partial charge in [-0.05, 0) is 37.8 Å². The van der Waals surface area contributed by atoms with E-state index in [-0.39, 0.29) is 4.90 Å². The molecule has 2 N–H and O–H groups in total. The summed E-state index contributed by atoms with van der Waals surface area (Å²) in [5.41, 5.74) is 3.50. The maximum atomic E-state index is 12.3. The Kier molecular flexibility index (Phi) is 5.37. The first-order valence-electron chi connectivity index (χ1n) is 7.53. The second-order valence-corrected chi connectivity index (χ2v) is 7.18. The van der Waals surface area contributed by atoms with Crippen LogP contribution in [0.2, 0.25) is 0 Å². The number of H-pyrrole nitrogens is 1. The summed E-state index contributed by atoms with van der Waals surface area (Å²) in [6, 6.07) is 8.34. The van der Waals surface area contributed by atoms with E-state index in [9.17, 15) is 8.42 Å². The lowest BCUT2D eigenvalue weighted by Gasteiger charge is -2.07. The van der Waals surface area contributed by atoms with Gasteiger partial charge in [-0.25, -0.2) is 13.1 Å². The quantitative estimate of drug-likeness (QED) is 0.823. The molecule has 0 unspecified atom stereocenters. The summed E-state index contributed by atoms with van der Waals surface area (Å²) in [5.74, 6) is 0. The number of aromatic nitrogens is 2. The molecule has 0 radical (unpaired) electrons. The molecule has 0 aliphatic heterocycles. The average molecular weight is 321 g/mol. The van der Waals surface area contributed by atoms with Crippen LogP contribution in [0.4, 0.5) is 0 Å². The summed E-state index contributed by atoms with van der Waals surface area (Å²) in [7, 11) is -3.51. The average Bonchev–Trinajstić information content (AvgIpc) is 2.81. The topological polar surface area (TPSA) is 74.8 Å². The molecule has 0 saturated carbocycles. The van der Waals surface area contributed by atoms with Crippen LogP contribution in [-0.2, 0) is 22.9 Å². The molecule has 1 aromatic carbocycles. The van der Waals surface area contributed by atoms with Gasteiger partial charge in [0.25, 0.3) is 0 Å². The van der Waals surface area contributed by atoms with Crippen molar-refractivity contribution in [2.75, 3.05) is 6.54 Å². The summed E-state index contributed by atoms with van der Waals surface area (Å²) in [6.07, 6.45) is 2.87. The van der Waals surface area contributed by atoms with Crippen LogP contribution < -0.4 is 4.72 Å². The van der Waals surface area contributed by atoms with Crippen molar-refractivity contribution in [2.24, 2.45) is 0 Å². The largest absolute Gasteiger partial charge is 0.281 e. The van der Waals surface area contributed by atoms with Crippen LogP contribution in [0, 0.1) is 13.8 Å². The summed E-state index contributed by atoms with van der Waals surface area (Å²) in [5, 5.41) is 6.63. The van der Waals surface area contributed by atoms with E-state index in [4.69, 9.17) is 0 Å². The van der Waals surface area contributed by atoms with Gasteiger partial charge in [-0.3, -0.25) is 5.10 Å². The highest BCUT2D eigenvalue weighted by molar-refractivity contribution is 7.89. The van der Waals surface area contributed by atoms with Crippen LogP contribution in [0.25, 0.3) is 0 Å². The number of nitrogens with one attached hydrogen (secondary N) is 2. The minimum absolute atomic E-state index is 0.255. The van der Waals surface area contributed by atoms with Gasteiger partial charge in [0.15, 0.2) is 0 Å². The maximum Gasteiger partial charge on any atom is 0.244 e. The first kappa shape index (κ1) is 16.7. The second-order valence-electron chi connectivity index (χ2n) is 5.48. The van der Waals surface area contributed by atoms with E-state index in [2.05, 4.69) is 46.1 Å². The van der Waals surface area contributed by atoms with E-state index in [1.807, 2.05) is 0 Å². The van der Waals surface area contributed by atoms with Crippen molar-refractivity contribution < 1.29 is 8.42 Å². The molecule has 0 atom stereocenters. The third-order valence-electron chi connectivity index (χ3n) is 3.60. The monoisotopic (exact) mass is 321 g/mol. The van der Waals surface area contributed by atoms with Crippen LogP contribution in [0.15, 0.2) is 29.2 Å². The molecule has 0 spiro atoms. The minimum atomic E-state index is -3.51. The van der Waals surface area contributed by atoms with E-state index >= 15 is 0 Å². The number of aromatic amines is 1. The number of rotatable bonds is 7. The Labute approximate surface area is 132 Å². The van der Waals surface area contributed by atoms with Crippen LogP contribution in [0.3, 0.4) is 0 Å². The number of sulfonamides is 1. The van der Waals surface area contributed by atoms with Crippen molar-refractivity contribution in [3.8, 4) is 0 Å². The number of benzene rings is 1. The van der Waals surface area contributed by atoms with Crippen LogP contribution in [0.1, 0.15) is 35.9 Å². The first-order valence-corrected chi connectivity index (χ1v) is 9.01. The number of hydrogen-bond donors (Lipinski definition) is 2. The third-order valence-corrected chi connectivity index (χ3v) is 5.32.